The van der Waals surface area contributed by atoms with Crippen molar-refractivity contribution in [3.63, 3.8) is 0 Å². The molecule has 114 valence electrons. The SMILES string of the molecule is COC(=O)c1ccccc1OCC(=O)N(C)c1ccccc1. The standard InChI is InChI=1S/C17H17NO4/c1-18(13-8-4-3-5-9-13)16(19)12-22-15-11-7-6-10-14(15)17(20)21-2/h3-11H,12H2,1-2H3. The van der Waals surface area contributed by atoms with Gasteiger partial charge in [-0.25, -0.2) is 4.79 Å². The summed E-state index contributed by atoms with van der Waals surface area (Å²) in [4.78, 5) is 25.3. The molecule has 22 heavy (non-hydrogen) atoms. The van der Waals surface area contributed by atoms with E-state index in [1.165, 1.54) is 12.0 Å². The van der Waals surface area contributed by atoms with Gasteiger partial charge in [0, 0.05) is 12.7 Å². The molecule has 0 spiro atoms. The molecule has 2 rings (SSSR count). The van der Waals surface area contributed by atoms with Gasteiger partial charge in [-0.05, 0) is 24.3 Å². The van der Waals surface area contributed by atoms with Crippen molar-refractivity contribution >= 4 is 17.6 Å². The minimum Gasteiger partial charge on any atom is -0.483 e. The highest BCUT2D eigenvalue weighted by Crippen LogP contribution is 2.19. The number of methoxy groups -OCH3 is 1. The third-order valence-electron chi connectivity index (χ3n) is 3.16. The quantitative estimate of drug-likeness (QED) is 0.796. The van der Waals surface area contributed by atoms with Gasteiger partial charge in [0.05, 0.1) is 7.11 Å². The average molecular weight is 299 g/mol. The number of hydrogen-bond acceptors (Lipinski definition) is 4. The molecule has 0 aliphatic heterocycles. The summed E-state index contributed by atoms with van der Waals surface area (Å²) in [6.07, 6.45) is 0. The molecule has 0 aliphatic rings. The van der Waals surface area contributed by atoms with Gasteiger partial charge < -0.3 is 14.4 Å². The summed E-state index contributed by atoms with van der Waals surface area (Å²) >= 11 is 0. The molecule has 0 aliphatic carbocycles. The van der Waals surface area contributed by atoms with E-state index in [0.29, 0.717) is 11.3 Å². The largest absolute Gasteiger partial charge is 0.483 e. The molecule has 0 bridgehead atoms. The lowest BCUT2D eigenvalue weighted by Gasteiger charge is -2.18. The molecule has 0 unspecified atom stereocenters. The predicted octanol–water partition coefficient (Wildman–Crippen LogP) is 2.52. The summed E-state index contributed by atoms with van der Waals surface area (Å²) in [6, 6.07) is 15.9. The first-order valence-electron chi connectivity index (χ1n) is 6.75. The lowest BCUT2D eigenvalue weighted by Crippen LogP contribution is -2.31. The maximum atomic E-state index is 12.2. The number of nitrogens with zero attached hydrogens (tertiary/aromatic N) is 1. The molecule has 5 nitrogen and oxygen atoms in total. The van der Waals surface area contributed by atoms with Crippen molar-refractivity contribution in [2.45, 2.75) is 0 Å². The molecule has 0 aromatic heterocycles. The van der Waals surface area contributed by atoms with E-state index in [0.717, 1.165) is 5.69 Å². The van der Waals surface area contributed by atoms with Gasteiger partial charge in [0.2, 0.25) is 0 Å². The predicted molar refractivity (Wildman–Crippen MR) is 83.1 cm³/mol. The van der Waals surface area contributed by atoms with Gasteiger partial charge in [0.15, 0.2) is 6.61 Å². The Balaban J connectivity index is 2.04. The highest BCUT2D eigenvalue weighted by Gasteiger charge is 2.15. The van der Waals surface area contributed by atoms with Crippen LogP contribution in [0.4, 0.5) is 5.69 Å². The van der Waals surface area contributed by atoms with E-state index in [1.54, 1.807) is 31.3 Å². The number of amides is 1. The van der Waals surface area contributed by atoms with Crippen molar-refractivity contribution in [2.75, 3.05) is 25.7 Å². The van der Waals surface area contributed by atoms with Crippen LogP contribution < -0.4 is 9.64 Å². The second-order valence-electron chi connectivity index (χ2n) is 4.56. The highest BCUT2D eigenvalue weighted by molar-refractivity contribution is 5.95. The van der Waals surface area contributed by atoms with Crippen LogP contribution >= 0.6 is 0 Å². The summed E-state index contributed by atoms with van der Waals surface area (Å²) in [7, 11) is 2.97. The summed E-state index contributed by atoms with van der Waals surface area (Å²) < 4.78 is 10.2. The van der Waals surface area contributed by atoms with Crippen LogP contribution in [0.1, 0.15) is 10.4 Å². The molecular formula is C17H17NO4. The monoisotopic (exact) mass is 299 g/mol. The van der Waals surface area contributed by atoms with E-state index in [-0.39, 0.29) is 12.5 Å². The van der Waals surface area contributed by atoms with Crippen LogP contribution in [0, 0.1) is 0 Å². The van der Waals surface area contributed by atoms with Crippen LogP contribution in [0.25, 0.3) is 0 Å². The molecule has 0 saturated carbocycles. The van der Waals surface area contributed by atoms with Gasteiger partial charge in [-0.2, -0.15) is 0 Å². The van der Waals surface area contributed by atoms with E-state index in [9.17, 15) is 9.59 Å². The minimum atomic E-state index is -0.500. The van der Waals surface area contributed by atoms with Gasteiger partial charge in [0.1, 0.15) is 11.3 Å². The summed E-state index contributed by atoms with van der Waals surface area (Å²) in [6.45, 7) is -0.167. The zero-order valence-corrected chi connectivity index (χ0v) is 12.5. The first-order valence-corrected chi connectivity index (χ1v) is 6.75. The maximum absolute atomic E-state index is 12.2. The van der Waals surface area contributed by atoms with Gasteiger partial charge in [-0.15, -0.1) is 0 Å². The third-order valence-corrected chi connectivity index (χ3v) is 3.16. The second kappa shape index (κ2) is 7.26. The number of hydrogen-bond donors (Lipinski definition) is 0. The number of benzene rings is 2. The minimum absolute atomic E-state index is 0.167. The molecule has 0 radical (unpaired) electrons. The molecule has 5 heteroatoms. The van der Waals surface area contributed by atoms with Crippen LogP contribution in [0.5, 0.6) is 5.75 Å². The molecule has 0 N–H and O–H groups in total. The lowest BCUT2D eigenvalue weighted by molar-refractivity contribution is -0.120. The smallest absolute Gasteiger partial charge is 0.341 e. The fourth-order valence-electron chi connectivity index (χ4n) is 1.90. The molecule has 0 atom stereocenters. The Bertz CT molecular complexity index is 655. The number of ether oxygens (including phenoxy) is 2. The number of likely N-dealkylation sites (N-methyl/N-ethyl adjacent to an activating group) is 1. The first-order chi connectivity index (χ1) is 10.6. The first kappa shape index (κ1) is 15.6. The Morgan fingerprint density at radius 3 is 2.32 bits per heavy atom. The van der Waals surface area contributed by atoms with Crippen molar-refractivity contribution in [1.82, 2.24) is 0 Å². The van der Waals surface area contributed by atoms with Crippen molar-refractivity contribution in [2.24, 2.45) is 0 Å². The van der Waals surface area contributed by atoms with E-state index in [4.69, 9.17) is 4.74 Å². The number of para-hydroxylation sites is 2. The maximum Gasteiger partial charge on any atom is 0.341 e. The Hall–Kier alpha value is -2.82. The normalized spacial score (nSPS) is 9.91. The Kier molecular flexibility index (Phi) is 5.14. The lowest BCUT2D eigenvalue weighted by atomic mass is 10.2. The molecule has 0 saturated heterocycles. The van der Waals surface area contributed by atoms with Crippen LogP contribution in [-0.2, 0) is 9.53 Å². The Morgan fingerprint density at radius 2 is 1.64 bits per heavy atom. The van der Waals surface area contributed by atoms with Crippen LogP contribution in [0.3, 0.4) is 0 Å². The third kappa shape index (κ3) is 3.63. The molecule has 1 amide bonds. The zero-order chi connectivity index (χ0) is 15.9. The second-order valence-corrected chi connectivity index (χ2v) is 4.56. The van der Waals surface area contributed by atoms with E-state index in [1.807, 2.05) is 30.3 Å². The number of rotatable bonds is 5. The molecular weight excluding hydrogens is 282 g/mol. The van der Waals surface area contributed by atoms with Gasteiger partial charge in [-0.3, -0.25) is 4.79 Å². The summed E-state index contributed by atoms with van der Waals surface area (Å²) in [5.41, 5.74) is 1.07. The van der Waals surface area contributed by atoms with Crippen molar-refractivity contribution < 1.29 is 19.1 Å². The van der Waals surface area contributed by atoms with Gasteiger partial charge >= 0.3 is 5.97 Å². The molecule has 2 aromatic rings. The number of esters is 1. The van der Waals surface area contributed by atoms with E-state index < -0.39 is 5.97 Å². The van der Waals surface area contributed by atoms with Crippen LogP contribution in [0.2, 0.25) is 0 Å². The molecule has 2 aromatic carbocycles. The van der Waals surface area contributed by atoms with Gasteiger partial charge in [-0.1, -0.05) is 30.3 Å². The van der Waals surface area contributed by atoms with Crippen LogP contribution in [0.15, 0.2) is 54.6 Å². The van der Waals surface area contributed by atoms with Gasteiger partial charge in [0.25, 0.3) is 5.91 Å². The molecule has 0 fully saturated rings. The Labute approximate surface area is 129 Å². The van der Waals surface area contributed by atoms with Crippen LogP contribution in [-0.4, -0.2) is 32.6 Å². The topological polar surface area (TPSA) is 55.8 Å². The molecule has 0 heterocycles. The van der Waals surface area contributed by atoms with Crippen molar-refractivity contribution in [3.05, 3.63) is 60.2 Å². The fraction of sp³-hybridized carbons (Fsp3) is 0.176. The average Bonchev–Trinajstić information content (AvgIpc) is 2.59. The van der Waals surface area contributed by atoms with E-state index in [2.05, 4.69) is 4.74 Å². The number of carbonyl (C=O) groups excluding carboxylic acids is 2. The summed E-state index contributed by atoms with van der Waals surface area (Å²) in [5, 5.41) is 0. The van der Waals surface area contributed by atoms with Crippen molar-refractivity contribution in [3.8, 4) is 5.75 Å². The highest BCUT2D eigenvalue weighted by atomic mass is 16.5. The van der Waals surface area contributed by atoms with Crippen molar-refractivity contribution in [1.29, 1.82) is 0 Å². The summed E-state index contributed by atoms with van der Waals surface area (Å²) in [5.74, 6) is -0.394. The Morgan fingerprint density at radius 1 is 1.00 bits per heavy atom. The van der Waals surface area contributed by atoms with E-state index >= 15 is 0 Å². The zero-order valence-electron chi connectivity index (χ0n) is 12.5. The number of carbonyl (C=O) groups is 2. The number of anilines is 1. The fourth-order valence-corrected chi connectivity index (χ4v) is 1.90.